The van der Waals surface area contributed by atoms with Gasteiger partial charge >= 0.3 is 0 Å². The first-order valence-corrected chi connectivity index (χ1v) is 8.04. The van der Waals surface area contributed by atoms with E-state index in [1.54, 1.807) is 0 Å². The van der Waals surface area contributed by atoms with Gasteiger partial charge < -0.3 is 5.32 Å². The average Bonchev–Trinajstić information content (AvgIpc) is 2.42. The number of rotatable bonds is 2. The minimum absolute atomic E-state index is 0.376. The van der Waals surface area contributed by atoms with E-state index in [1.807, 2.05) is 18.2 Å². The molecule has 1 aromatic carbocycles. The van der Waals surface area contributed by atoms with Crippen LogP contribution in [0.3, 0.4) is 0 Å². The van der Waals surface area contributed by atoms with Crippen LogP contribution in [0.1, 0.15) is 32.1 Å². The molecule has 4 nitrogen and oxygen atoms in total. The summed E-state index contributed by atoms with van der Waals surface area (Å²) in [6.07, 6.45) is 6.13. The van der Waals surface area contributed by atoms with E-state index in [9.17, 15) is 0 Å². The lowest BCUT2D eigenvalue weighted by atomic mass is 9.96. The number of halogens is 2. The van der Waals surface area contributed by atoms with E-state index in [2.05, 4.69) is 47.6 Å². The zero-order chi connectivity index (χ0) is 13.7. The second-order valence-electron chi connectivity index (χ2n) is 4.66. The molecule has 0 aromatic heterocycles. The Morgan fingerprint density at radius 1 is 1.21 bits per heavy atom. The van der Waals surface area contributed by atoms with Crippen molar-refractivity contribution in [1.82, 2.24) is 5.43 Å². The number of benzene rings is 1. The summed E-state index contributed by atoms with van der Waals surface area (Å²) in [5, 5.41) is 3.22. The maximum absolute atomic E-state index is 5.55. The molecule has 0 spiro atoms. The van der Waals surface area contributed by atoms with Gasteiger partial charge in [0.15, 0.2) is 0 Å². The molecule has 1 aliphatic carbocycles. The Kier molecular flexibility index (Phi) is 5.66. The van der Waals surface area contributed by atoms with Crippen molar-refractivity contribution in [1.29, 1.82) is 0 Å². The van der Waals surface area contributed by atoms with E-state index >= 15 is 0 Å². The summed E-state index contributed by atoms with van der Waals surface area (Å²) in [7, 11) is 0. The Bertz CT molecular complexity index is 456. The van der Waals surface area contributed by atoms with Gasteiger partial charge in [-0.15, -0.1) is 0 Å². The van der Waals surface area contributed by atoms with Gasteiger partial charge in [-0.2, -0.15) is 0 Å². The van der Waals surface area contributed by atoms with E-state index in [-0.39, 0.29) is 0 Å². The molecule has 1 aromatic rings. The van der Waals surface area contributed by atoms with Crippen molar-refractivity contribution in [2.75, 3.05) is 5.32 Å². The van der Waals surface area contributed by atoms with E-state index in [0.717, 1.165) is 27.5 Å². The van der Waals surface area contributed by atoms with E-state index in [1.165, 1.54) is 19.3 Å². The standard InChI is InChI=1S/C13H18Br2N4/c14-9-6-7-12(11(15)8-9)18-13(19-16)17-10-4-2-1-3-5-10/h6-8,10H,1-5,16H2,(H2,17,18,19). The maximum atomic E-state index is 5.55. The van der Waals surface area contributed by atoms with Gasteiger partial charge in [0.25, 0.3) is 0 Å². The molecule has 0 radical (unpaired) electrons. The molecule has 19 heavy (non-hydrogen) atoms. The minimum Gasteiger partial charge on any atom is -0.324 e. The number of hydrogen-bond donors (Lipinski definition) is 3. The highest BCUT2D eigenvalue weighted by molar-refractivity contribution is 9.11. The molecule has 0 saturated heterocycles. The molecule has 104 valence electrons. The van der Waals surface area contributed by atoms with E-state index in [4.69, 9.17) is 5.84 Å². The number of anilines is 1. The van der Waals surface area contributed by atoms with Crippen molar-refractivity contribution >= 4 is 43.5 Å². The van der Waals surface area contributed by atoms with Crippen LogP contribution in [-0.2, 0) is 0 Å². The number of hydrogen-bond acceptors (Lipinski definition) is 2. The molecule has 0 atom stereocenters. The van der Waals surface area contributed by atoms with Crippen LogP contribution in [0.4, 0.5) is 5.69 Å². The van der Waals surface area contributed by atoms with E-state index < -0.39 is 0 Å². The summed E-state index contributed by atoms with van der Waals surface area (Å²) in [4.78, 5) is 4.65. The zero-order valence-corrected chi connectivity index (χ0v) is 13.8. The maximum Gasteiger partial charge on any atom is 0.210 e. The van der Waals surface area contributed by atoms with Crippen molar-refractivity contribution in [3.8, 4) is 0 Å². The number of hydrazine groups is 1. The lowest BCUT2D eigenvalue weighted by Crippen LogP contribution is -2.37. The van der Waals surface area contributed by atoms with Crippen molar-refractivity contribution < 1.29 is 0 Å². The van der Waals surface area contributed by atoms with Gasteiger partial charge in [-0.05, 0) is 47.0 Å². The fraction of sp³-hybridized carbons (Fsp3) is 0.462. The van der Waals surface area contributed by atoms with Gasteiger partial charge in [-0.1, -0.05) is 35.2 Å². The third kappa shape index (κ3) is 4.47. The van der Waals surface area contributed by atoms with Crippen LogP contribution in [0.2, 0.25) is 0 Å². The highest BCUT2D eigenvalue weighted by Gasteiger charge is 2.13. The summed E-state index contributed by atoms with van der Waals surface area (Å²) in [5.74, 6) is 6.17. The van der Waals surface area contributed by atoms with Gasteiger partial charge in [-0.3, -0.25) is 5.43 Å². The molecule has 1 saturated carbocycles. The van der Waals surface area contributed by atoms with Crippen LogP contribution < -0.4 is 16.6 Å². The Balaban J connectivity index is 2.07. The molecule has 0 unspecified atom stereocenters. The van der Waals surface area contributed by atoms with Gasteiger partial charge in [0.2, 0.25) is 5.96 Å². The molecule has 4 N–H and O–H groups in total. The third-order valence-electron chi connectivity index (χ3n) is 3.21. The largest absolute Gasteiger partial charge is 0.324 e. The van der Waals surface area contributed by atoms with Crippen LogP contribution in [0.5, 0.6) is 0 Å². The smallest absolute Gasteiger partial charge is 0.210 e. The van der Waals surface area contributed by atoms with Gasteiger partial charge in [0.1, 0.15) is 0 Å². The fourth-order valence-electron chi connectivity index (χ4n) is 2.22. The Labute approximate surface area is 130 Å². The number of nitrogens with zero attached hydrogens (tertiary/aromatic N) is 1. The predicted octanol–water partition coefficient (Wildman–Crippen LogP) is 3.78. The number of nitrogens with two attached hydrogens (primary N) is 1. The highest BCUT2D eigenvalue weighted by Crippen LogP contribution is 2.26. The molecule has 6 heteroatoms. The first-order chi connectivity index (χ1) is 9.19. The van der Waals surface area contributed by atoms with Crippen molar-refractivity contribution in [3.05, 3.63) is 27.1 Å². The molecular formula is C13H18Br2N4. The molecule has 1 fully saturated rings. The SMILES string of the molecule is NNC(=NC1CCCCC1)Nc1ccc(Br)cc1Br. The first-order valence-electron chi connectivity index (χ1n) is 6.45. The molecule has 2 rings (SSSR count). The molecule has 1 aliphatic rings. The quantitative estimate of drug-likeness (QED) is 0.312. The van der Waals surface area contributed by atoms with Gasteiger partial charge in [-0.25, -0.2) is 10.8 Å². The number of aliphatic imine (C=N–C) groups is 1. The zero-order valence-electron chi connectivity index (χ0n) is 10.6. The molecule has 0 heterocycles. The molecule has 0 amide bonds. The van der Waals surface area contributed by atoms with Crippen molar-refractivity contribution in [2.45, 2.75) is 38.1 Å². The van der Waals surface area contributed by atoms with Crippen molar-refractivity contribution in [2.24, 2.45) is 10.8 Å². The lowest BCUT2D eigenvalue weighted by molar-refractivity contribution is 0.442. The summed E-state index contributed by atoms with van der Waals surface area (Å²) in [5.41, 5.74) is 3.59. The third-order valence-corrected chi connectivity index (χ3v) is 4.36. The summed E-state index contributed by atoms with van der Waals surface area (Å²) in [6.45, 7) is 0. The number of nitrogens with one attached hydrogen (secondary N) is 2. The van der Waals surface area contributed by atoms with E-state index in [0.29, 0.717) is 12.0 Å². The molecule has 0 bridgehead atoms. The van der Waals surface area contributed by atoms with Crippen LogP contribution in [0.15, 0.2) is 32.1 Å². The first kappa shape index (κ1) is 14.8. The highest BCUT2D eigenvalue weighted by atomic mass is 79.9. The second-order valence-corrected chi connectivity index (χ2v) is 6.43. The lowest BCUT2D eigenvalue weighted by Gasteiger charge is -2.19. The van der Waals surface area contributed by atoms with Gasteiger partial charge in [0, 0.05) is 8.95 Å². The monoisotopic (exact) mass is 388 g/mol. The molecule has 0 aliphatic heterocycles. The van der Waals surface area contributed by atoms with Crippen molar-refractivity contribution in [3.63, 3.8) is 0 Å². The minimum atomic E-state index is 0.376. The van der Waals surface area contributed by atoms with Gasteiger partial charge in [0.05, 0.1) is 11.7 Å². The fourth-order valence-corrected chi connectivity index (χ4v) is 3.36. The summed E-state index contributed by atoms with van der Waals surface area (Å²) >= 11 is 6.94. The van der Waals surface area contributed by atoms with Crippen LogP contribution in [0.25, 0.3) is 0 Å². The normalized spacial score (nSPS) is 17.3. The van der Waals surface area contributed by atoms with Crippen LogP contribution >= 0.6 is 31.9 Å². The average molecular weight is 390 g/mol. The predicted molar refractivity (Wildman–Crippen MR) is 87.1 cm³/mol. The Morgan fingerprint density at radius 3 is 2.58 bits per heavy atom. The van der Waals surface area contributed by atoms with Crippen LogP contribution in [-0.4, -0.2) is 12.0 Å². The van der Waals surface area contributed by atoms with Crippen LogP contribution in [0, 0.1) is 0 Å². The second kappa shape index (κ2) is 7.26. The Morgan fingerprint density at radius 2 is 1.95 bits per heavy atom. The Hall–Kier alpha value is -0.590. The summed E-state index contributed by atoms with van der Waals surface area (Å²) in [6, 6.07) is 6.31. The summed E-state index contributed by atoms with van der Waals surface area (Å²) < 4.78 is 1.99. The number of guanidine groups is 1. The molecular weight excluding hydrogens is 372 g/mol. The topological polar surface area (TPSA) is 62.4 Å².